The van der Waals surface area contributed by atoms with Crippen LogP contribution in [0.1, 0.15) is 39.0 Å². The molecule has 1 unspecified atom stereocenters. The Morgan fingerprint density at radius 2 is 2.06 bits per heavy atom. The van der Waals surface area contributed by atoms with Crippen LogP contribution in [0, 0.1) is 0 Å². The normalized spacial score (nSPS) is 33.0. The first-order chi connectivity index (χ1) is 7.72. The van der Waals surface area contributed by atoms with Gasteiger partial charge in [-0.1, -0.05) is 6.92 Å². The standard InChI is InChI=1S/C13H27N3/c1-3-16(12-5-6-12)13(11-14)7-4-9-15(2)10-8-13/h12H,3-11,14H2,1-2H3. The summed E-state index contributed by atoms with van der Waals surface area (Å²) in [5, 5.41) is 0. The minimum atomic E-state index is 0.306. The summed E-state index contributed by atoms with van der Waals surface area (Å²) in [4.78, 5) is 5.17. The average Bonchev–Trinajstić information content (AvgIpc) is 3.10. The molecule has 2 aliphatic rings. The van der Waals surface area contributed by atoms with Crippen LogP contribution in [0.5, 0.6) is 0 Å². The lowest BCUT2D eigenvalue weighted by molar-refractivity contribution is 0.0759. The van der Waals surface area contributed by atoms with Crippen LogP contribution < -0.4 is 5.73 Å². The van der Waals surface area contributed by atoms with Crippen molar-refractivity contribution >= 4 is 0 Å². The zero-order valence-corrected chi connectivity index (χ0v) is 10.9. The van der Waals surface area contributed by atoms with Gasteiger partial charge >= 0.3 is 0 Å². The van der Waals surface area contributed by atoms with Crippen LogP contribution in [0.3, 0.4) is 0 Å². The van der Waals surface area contributed by atoms with Crippen LogP contribution in [-0.2, 0) is 0 Å². The minimum Gasteiger partial charge on any atom is -0.329 e. The Labute approximate surface area is 100.0 Å². The van der Waals surface area contributed by atoms with E-state index >= 15 is 0 Å². The van der Waals surface area contributed by atoms with Gasteiger partial charge in [-0.2, -0.15) is 0 Å². The van der Waals surface area contributed by atoms with Crippen LogP contribution >= 0.6 is 0 Å². The highest BCUT2D eigenvalue weighted by atomic mass is 15.3. The lowest BCUT2D eigenvalue weighted by atomic mass is 9.88. The minimum absolute atomic E-state index is 0.306. The fourth-order valence-electron chi connectivity index (χ4n) is 3.29. The first-order valence-corrected chi connectivity index (χ1v) is 6.87. The molecule has 1 heterocycles. The summed E-state index contributed by atoms with van der Waals surface area (Å²) in [6.07, 6.45) is 6.64. The largest absolute Gasteiger partial charge is 0.329 e. The van der Waals surface area contributed by atoms with E-state index in [9.17, 15) is 0 Å². The van der Waals surface area contributed by atoms with E-state index in [1.165, 1.54) is 51.7 Å². The molecule has 1 aliphatic carbocycles. The second kappa shape index (κ2) is 5.03. The van der Waals surface area contributed by atoms with E-state index in [1.807, 2.05) is 0 Å². The Bertz CT molecular complexity index is 227. The van der Waals surface area contributed by atoms with Gasteiger partial charge in [-0.3, -0.25) is 4.90 Å². The van der Waals surface area contributed by atoms with Crippen molar-refractivity contribution in [2.24, 2.45) is 5.73 Å². The second-order valence-corrected chi connectivity index (χ2v) is 5.60. The highest BCUT2D eigenvalue weighted by Crippen LogP contribution is 2.37. The summed E-state index contributed by atoms with van der Waals surface area (Å²) in [7, 11) is 2.24. The van der Waals surface area contributed by atoms with Gasteiger partial charge in [0.2, 0.25) is 0 Å². The first-order valence-electron chi connectivity index (χ1n) is 6.87. The van der Waals surface area contributed by atoms with Gasteiger partial charge in [0.1, 0.15) is 0 Å². The van der Waals surface area contributed by atoms with Gasteiger partial charge in [0.15, 0.2) is 0 Å². The van der Waals surface area contributed by atoms with E-state index in [4.69, 9.17) is 5.73 Å². The number of nitrogens with two attached hydrogens (primary N) is 1. The molecule has 3 heteroatoms. The fraction of sp³-hybridized carbons (Fsp3) is 1.00. The summed E-state index contributed by atoms with van der Waals surface area (Å²) >= 11 is 0. The third-order valence-electron chi connectivity index (χ3n) is 4.46. The molecule has 0 radical (unpaired) electrons. The summed E-state index contributed by atoms with van der Waals surface area (Å²) in [5.41, 5.74) is 6.44. The highest BCUT2D eigenvalue weighted by molar-refractivity contribution is 5.00. The van der Waals surface area contributed by atoms with Gasteiger partial charge in [-0.15, -0.1) is 0 Å². The molecule has 94 valence electrons. The van der Waals surface area contributed by atoms with Crippen molar-refractivity contribution in [1.82, 2.24) is 9.80 Å². The van der Waals surface area contributed by atoms with Crippen molar-refractivity contribution < 1.29 is 0 Å². The number of rotatable bonds is 4. The molecule has 1 atom stereocenters. The molecule has 16 heavy (non-hydrogen) atoms. The first kappa shape index (κ1) is 12.3. The monoisotopic (exact) mass is 225 g/mol. The van der Waals surface area contributed by atoms with Crippen molar-refractivity contribution in [3.63, 3.8) is 0 Å². The van der Waals surface area contributed by atoms with Gasteiger partial charge in [-0.05, 0) is 58.8 Å². The predicted molar refractivity (Wildman–Crippen MR) is 68.5 cm³/mol. The van der Waals surface area contributed by atoms with Gasteiger partial charge in [-0.25, -0.2) is 0 Å². The van der Waals surface area contributed by atoms with Crippen LogP contribution in [0.25, 0.3) is 0 Å². The number of likely N-dealkylation sites (tertiary alicyclic amines) is 1. The third kappa shape index (κ3) is 2.41. The Balaban J connectivity index is 2.09. The quantitative estimate of drug-likeness (QED) is 0.782. The van der Waals surface area contributed by atoms with E-state index in [1.54, 1.807) is 0 Å². The van der Waals surface area contributed by atoms with Crippen molar-refractivity contribution in [3.8, 4) is 0 Å². The summed E-state index contributed by atoms with van der Waals surface area (Å²) in [6, 6.07) is 0.844. The van der Waals surface area contributed by atoms with E-state index in [0.29, 0.717) is 5.54 Å². The summed E-state index contributed by atoms with van der Waals surface area (Å²) in [6.45, 7) is 6.76. The molecule has 0 spiro atoms. The van der Waals surface area contributed by atoms with Crippen LogP contribution in [0.15, 0.2) is 0 Å². The Kier molecular flexibility index (Phi) is 3.88. The highest BCUT2D eigenvalue weighted by Gasteiger charge is 2.42. The third-order valence-corrected chi connectivity index (χ3v) is 4.46. The smallest absolute Gasteiger partial charge is 0.0347 e. The molecular weight excluding hydrogens is 198 g/mol. The van der Waals surface area contributed by atoms with Crippen LogP contribution in [-0.4, -0.2) is 54.6 Å². The van der Waals surface area contributed by atoms with Crippen LogP contribution in [0.4, 0.5) is 0 Å². The molecule has 1 saturated heterocycles. The maximum Gasteiger partial charge on any atom is 0.0347 e. The van der Waals surface area contributed by atoms with Crippen molar-refractivity contribution in [1.29, 1.82) is 0 Å². The SMILES string of the molecule is CCN(C1CC1)C1(CN)CCCN(C)CC1. The van der Waals surface area contributed by atoms with Crippen molar-refractivity contribution in [2.75, 3.05) is 33.2 Å². The number of likely N-dealkylation sites (N-methyl/N-ethyl adjacent to an activating group) is 1. The topological polar surface area (TPSA) is 32.5 Å². The van der Waals surface area contributed by atoms with Gasteiger partial charge in [0, 0.05) is 18.1 Å². The molecular formula is C13H27N3. The number of hydrogen-bond acceptors (Lipinski definition) is 3. The van der Waals surface area contributed by atoms with Crippen molar-refractivity contribution in [3.05, 3.63) is 0 Å². The lowest BCUT2D eigenvalue weighted by Crippen LogP contribution is -2.55. The molecule has 1 aliphatic heterocycles. The number of nitrogens with zero attached hydrogens (tertiary/aromatic N) is 2. The molecule has 0 amide bonds. The maximum atomic E-state index is 6.13. The lowest BCUT2D eigenvalue weighted by Gasteiger charge is -2.43. The zero-order chi connectivity index (χ0) is 11.6. The van der Waals surface area contributed by atoms with E-state index in [-0.39, 0.29) is 0 Å². The van der Waals surface area contributed by atoms with E-state index in [2.05, 4.69) is 23.8 Å². The van der Waals surface area contributed by atoms with Gasteiger partial charge in [0.25, 0.3) is 0 Å². The van der Waals surface area contributed by atoms with Crippen molar-refractivity contribution in [2.45, 2.75) is 50.6 Å². The van der Waals surface area contributed by atoms with Crippen LogP contribution in [0.2, 0.25) is 0 Å². The molecule has 3 nitrogen and oxygen atoms in total. The summed E-state index contributed by atoms with van der Waals surface area (Å²) in [5.74, 6) is 0. The van der Waals surface area contributed by atoms with E-state index in [0.717, 1.165) is 12.6 Å². The molecule has 2 rings (SSSR count). The maximum absolute atomic E-state index is 6.13. The number of hydrogen-bond donors (Lipinski definition) is 1. The summed E-state index contributed by atoms with van der Waals surface area (Å²) < 4.78 is 0. The molecule has 1 saturated carbocycles. The second-order valence-electron chi connectivity index (χ2n) is 5.60. The van der Waals surface area contributed by atoms with E-state index < -0.39 is 0 Å². The molecule has 0 aromatic carbocycles. The Morgan fingerprint density at radius 1 is 1.31 bits per heavy atom. The Hall–Kier alpha value is -0.120. The Morgan fingerprint density at radius 3 is 2.62 bits per heavy atom. The average molecular weight is 225 g/mol. The van der Waals surface area contributed by atoms with Gasteiger partial charge < -0.3 is 10.6 Å². The molecule has 2 fully saturated rings. The van der Waals surface area contributed by atoms with Gasteiger partial charge in [0.05, 0.1) is 0 Å². The zero-order valence-electron chi connectivity index (χ0n) is 10.9. The molecule has 0 aromatic rings. The molecule has 2 N–H and O–H groups in total. The fourth-order valence-corrected chi connectivity index (χ4v) is 3.29. The molecule has 0 aromatic heterocycles. The predicted octanol–water partition coefficient (Wildman–Crippen LogP) is 1.28. The molecule has 0 bridgehead atoms.